The standard InChI is InChI=1S/C14H18N2O3/c1-10-9-19-7-6-16(10)14(18)12-4-3-5-13(8-12)15-11(2)17/h3-5,8,10H,6-7,9H2,1-2H3,(H,15,17). The number of carbonyl (C=O) groups excluding carboxylic acids is 2. The molecule has 1 saturated heterocycles. The van der Waals surface area contributed by atoms with Crippen molar-refractivity contribution in [2.24, 2.45) is 0 Å². The van der Waals surface area contributed by atoms with Gasteiger partial charge < -0.3 is 15.0 Å². The molecule has 0 aromatic heterocycles. The van der Waals surface area contributed by atoms with Gasteiger partial charge in [0.15, 0.2) is 0 Å². The van der Waals surface area contributed by atoms with E-state index >= 15 is 0 Å². The highest BCUT2D eigenvalue weighted by molar-refractivity contribution is 5.97. The Labute approximate surface area is 112 Å². The molecule has 2 amide bonds. The Hall–Kier alpha value is -1.88. The fraction of sp³-hybridized carbons (Fsp3) is 0.429. The summed E-state index contributed by atoms with van der Waals surface area (Å²) in [6.07, 6.45) is 0. The Morgan fingerprint density at radius 2 is 2.21 bits per heavy atom. The molecule has 1 aromatic carbocycles. The monoisotopic (exact) mass is 262 g/mol. The molecule has 1 aliphatic rings. The van der Waals surface area contributed by atoms with Gasteiger partial charge in [-0.3, -0.25) is 9.59 Å². The molecule has 0 bridgehead atoms. The number of benzene rings is 1. The van der Waals surface area contributed by atoms with Crippen molar-refractivity contribution in [2.75, 3.05) is 25.1 Å². The van der Waals surface area contributed by atoms with Gasteiger partial charge in [-0.25, -0.2) is 0 Å². The maximum Gasteiger partial charge on any atom is 0.254 e. The van der Waals surface area contributed by atoms with Crippen molar-refractivity contribution in [3.05, 3.63) is 29.8 Å². The molecule has 1 fully saturated rings. The molecule has 1 aromatic rings. The summed E-state index contributed by atoms with van der Waals surface area (Å²) >= 11 is 0. The van der Waals surface area contributed by atoms with E-state index in [4.69, 9.17) is 4.74 Å². The number of carbonyl (C=O) groups is 2. The van der Waals surface area contributed by atoms with E-state index in [0.717, 1.165) is 0 Å². The molecule has 1 unspecified atom stereocenters. The average Bonchev–Trinajstić information content (AvgIpc) is 2.38. The summed E-state index contributed by atoms with van der Waals surface area (Å²) in [5.41, 5.74) is 1.22. The molecule has 1 aliphatic heterocycles. The second-order valence-corrected chi connectivity index (χ2v) is 4.68. The third kappa shape index (κ3) is 3.32. The summed E-state index contributed by atoms with van der Waals surface area (Å²) in [6, 6.07) is 7.07. The van der Waals surface area contributed by atoms with Crippen LogP contribution in [0.5, 0.6) is 0 Å². The quantitative estimate of drug-likeness (QED) is 0.878. The summed E-state index contributed by atoms with van der Waals surface area (Å²) < 4.78 is 5.32. The van der Waals surface area contributed by atoms with Gasteiger partial charge in [0, 0.05) is 24.7 Å². The van der Waals surface area contributed by atoms with E-state index in [1.54, 1.807) is 29.2 Å². The number of ether oxygens (including phenoxy) is 1. The Balaban J connectivity index is 2.16. The zero-order valence-electron chi connectivity index (χ0n) is 11.2. The van der Waals surface area contributed by atoms with E-state index in [1.165, 1.54) is 6.92 Å². The number of anilines is 1. The number of amides is 2. The van der Waals surface area contributed by atoms with Crippen LogP contribution in [0.4, 0.5) is 5.69 Å². The van der Waals surface area contributed by atoms with Crippen molar-refractivity contribution in [3.63, 3.8) is 0 Å². The van der Waals surface area contributed by atoms with Crippen LogP contribution in [-0.2, 0) is 9.53 Å². The van der Waals surface area contributed by atoms with Crippen LogP contribution in [0.2, 0.25) is 0 Å². The van der Waals surface area contributed by atoms with Crippen LogP contribution in [0.3, 0.4) is 0 Å². The SMILES string of the molecule is CC(=O)Nc1cccc(C(=O)N2CCOCC2C)c1. The second kappa shape index (κ2) is 5.84. The molecule has 0 radical (unpaired) electrons. The molecule has 1 N–H and O–H groups in total. The van der Waals surface area contributed by atoms with Crippen molar-refractivity contribution >= 4 is 17.5 Å². The lowest BCUT2D eigenvalue weighted by molar-refractivity contribution is -0.114. The lowest BCUT2D eigenvalue weighted by Crippen LogP contribution is -2.47. The van der Waals surface area contributed by atoms with E-state index in [-0.39, 0.29) is 17.9 Å². The smallest absolute Gasteiger partial charge is 0.254 e. The maximum atomic E-state index is 12.4. The molecular formula is C14H18N2O3. The van der Waals surface area contributed by atoms with E-state index in [9.17, 15) is 9.59 Å². The zero-order chi connectivity index (χ0) is 13.8. The predicted molar refractivity (Wildman–Crippen MR) is 72.1 cm³/mol. The molecule has 1 heterocycles. The van der Waals surface area contributed by atoms with Gasteiger partial charge in [-0.1, -0.05) is 6.07 Å². The van der Waals surface area contributed by atoms with Gasteiger partial charge in [0.1, 0.15) is 0 Å². The minimum atomic E-state index is -0.149. The summed E-state index contributed by atoms with van der Waals surface area (Å²) in [5.74, 6) is -0.174. The lowest BCUT2D eigenvalue weighted by atomic mass is 10.1. The summed E-state index contributed by atoms with van der Waals surface area (Å²) in [4.78, 5) is 25.2. The van der Waals surface area contributed by atoms with Gasteiger partial charge in [0.05, 0.1) is 19.3 Å². The van der Waals surface area contributed by atoms with E-state index < -0.39 is 0 Å². The zero-order valence-corrected chi connectivity index (χ0v) is 11.2. The number of morpholine rings is 1. The molecule has 0 aliphatic carbocycles. The number of rotatable bonds is 2. The highest BCUT2D eigenvalue weighted by Crippen LogP contribution is 2.16. The van der Waals surface area contributed by atoms with Crippen LogP contribution >= 0.6 is 0 Å². The van der Waals surface area contributed by atoms with Crippen LogP contribution in [-0.4, -0.2) is 42.5 Å². The number of nitrogens with zero attached hydrogens (tertiary/aromatic N) is 1. The minimum Gasteiger partial charge on any atom is -0.377 e. The van der Waals surface area contributed by atoms with Crippen molar-refractivity contribution in [3.8, 4) is 0 Å². The molecule has 5 heteroatoms. The Morgan fingerprint density at radius 1 is 1.42 bits per heavy atom. The van der Waals surface area contributed by atoms with E-state index in [0.29, 0.717) is 31.0 Å². The van der Waals surface area contributed by atoms with Gasteiger partial charge in [0.25, 0.3) is 5.91 Å². The topological polar surface area (TPSA) is 58.6 Å². The molecule has 1 atom stereocenters. The molecule has 102 valence electrons. The summed E-state index contributed by atoms with van der Waals surface area (Å²) in [5, 5.41) is 2.68. The molecule has 0 saturated carbocycles. The minimum absolute atomic E-state index is 0.0250. The molecule has 2 rings (SSSR count). The third-order valence-electron chi connectivity index (χ3n) is 3.06. The van der Waals surface area contributed by atoms with E-state index in [1.807, 2.05) is 6.92 Å². The Morgan fingerprint density at radius 3 is 2.89 bits per heavy atom. The highest BCUT2D eigenvalue weighted by atomic mass is 16.5. The first-order valence-corrected chi connectivity index (χ1v) is 6.34. The third-order valence-corrected chi connectivity index (χ3v) is 3.06. The predicted octanol–water partition coefficient (Wildman–Crippen LogP) is 1.51. The first-order valence-electron chi connectivity index (χ1n) is 6.34. The normalized spacial score (nSPS) is 19.1. The lowest BCUT2D eigenvalue weighted by Gasteiger charge is -2.33. The number of hydrogen-bond acceptors (Lipinski definition) is 3. The second-order valence-electron chi connectivity index (χ2n) is 4.68. The van der Waals surface area contributed by atoms with Gasteiger partial charge in [-0.05, 0) is 25.1 Å². The fourth-order valence-electron chi connectivity index (χ4n) is 2.13. The number of nitrogens with one attached hydrogen (secondary N) is 1. The summed E-state index contributed by atoms with van der Waals surface area (Å²) in [7, 11) is 0. The fourth-order valence-corrected chi connectivity index (χ4v) is 2.13. The Kier molecular flexibility index (Phi) is 4.16. The van der Waals surface area contributed by atoms with Gasteiger partial charge in [0.2, 0.25) is 5.91 Å². The Bertz CT molecular complexity index is 487. The van der Waals surface area contributed by atoms with Crippen LogP contribution in [0.1, 0.15) is 24.2 Å². The average molecular weight is 262 g/mol. The van der Waals surface area contributed by atoms with Gasteiger partial charge >= 0.3 is 0 Å². The largest absolute Gasteiger partial charge is 0.377 e. The molecule has 19 heavy (non-hydrogen) atoms. The first-order chi connectivity index (χ1) is 9.08. The highest BCUT2D eigenvalue weighted by Gasteiger charge is 2.24. The van der Waals surface area contributed by atoms with Gasteiger partial charge in [-0.15, -0.1) is 0 Å². The van der Waals surface area contributed by atoms with Crippen molar-refractivity contribution < 1.29 is 14.3 Å². The number of hydrogen-bond donors (Lipinski definition) is 1. The van der Waals surface area contributed by atoms with Crippen molar-refractivity contribution in [1.82, 2.24) is 4.90 Å². The molecule has 5 nitrogen and oxygen atoms in total. The summed E-state index contributed by atoms with van der Waals surface area (Å²) in [6.45, 7) is 5.15. The molecular weight excluding hydrogens is 244 g/mol. The van der Waals surface area contributed by atoms with Gasteiger partial charge in [-0.2, -0.15) is 0 Å². The van der Waals surface area contributed by atoms with Crippen LogP contribution in [0, 0.1) is 0 Å². The molecule has 0 spiro atoms. The van der Waals surface area contributed by atoms with Crippen LogP contribution in [0.25, 0.3) is 0 Å². The van der Waals surface area contributed by atoms with Crippen LogP contribution < -0.4 is 5.32 Å². The van der Waals surface area contributed by atoms with Crippen LogP contribution in [0.15, 0.2) is 24.3 Å². The van der Waals surface area contributed by atoms with E-state index in [2.05, 4.69) is 5.32 Å². The first kappa shape index (κ1) is 13.5. The van der Waals surface area contributed by atoms with Crippen molar-refractivity contribution in [1.29, 1.82) is 0 Å². The maximum absolute atomic E-state index is 12.4. The van der Waals surface area contributed by atoms with Crippen molar-refractivity contribution in [2.45, 2.75) is 19.9 Å².